The molecule has 1 amide bonds. The maximum atomic E-state index is 12.0. The van der Waals surface area contributed by atoms with E-state index in [-0.39, 0.29) is 5.91 Å². The van der Waals surface area contributed by atoms with E-state index in [0.717, 1.165) is 18.5 Å². The molecule has 19 heavy (non-hydrogen) atoms. The van der Waals surface area contributed by atoms with Gasteiger partial charge in [-0.25, -0.2) is 0 Å². The molecule has 0 bridgehead atoms. The fourth-order valence-electron chi connectivity index (χ4n) is 1.94. The molecule has 0 aliphatic carbocycles. The highest BCUT2D eigenvalue weighted by molar-refractivity contribution is 5.94. The van der Waals surface area contributed by atoms with Gasteiger partial charge in [0, 0.05) is 31.9 Å². The van der Waals surface area contributed by atoms with Crippen molar-refractivity contribution < 1.29 is 4.79 Å². The minimum atomic E-state index is -0.0132. The van der Waals surface area contributed by atoms with E-state index in [2.05, 4.69) is 12.2 Å². The molecule has 0 radical (unpaired) electrons. The standard InChI is InChI=1S/C15H25N3O/c1-4-12(9-10-16)11-17-15(19)13-5-7-14(8-6-13)18(2)3/h5-8,12H,4,9-11,16H2,1-3H3,(H,17,19). The summed E-state index contributed by atoms with van der Waals surface area (Å²) in [5, 5.41) is 2.98. The Balaban J connectivity index is 2.53. The number of nitrogens with zero attached hydrogens (tertiary/aromatic N) is 1. The van der Waals surface area contributed by atoms with Crippen molar-refractivity contribution in [3.63, 3.8) is 0 Å². The van der Waals surface area contributed by atoms with Gasteiger partial charge in [0.05, 0.1) is 0 Å². The van der Waals surface area contributed by atoms with Gasteiger partial charge in [-0.3, -0.25) is 4.79 Å². The van der Waals surface area contributed by atoms with Crippen LogP contribution in [0.25, 0.3) is 0 Å². The van der Waals surface area contributed by atoms with Gasteiger partial charge >= 0.3 is 0 Å². The Labute approximate surface area is 116 Å². The van der Waals surface area contributed by atoms with Crippen molar-refractivity contribution in [3.05, 3.63) is 29.8 Å². The number of nitrogens with one attached hydrogen (secondary N) is 1. The van der Waals surface area contributed by atoms with E-state index >= 15 is 0 Å². The Morgan fingerprint density at radius 3 is 2.42 bits per heavy atom. The number of carbonyl (C=O) groups is 1. The Morgan fingerprint density at radius 1 is 1.32 bits per heavy atom. The predicted molar refractivity (Wildman–Crippen MR) is 80.6 cm³/mol. The van der Waals surface area contributed by atoms with E-state index < -0.39 is 0 Å². The summed E-state index contributed by atoms with van der Waals surface area (Å²) < 4.78 is 0. The van der Waals surface area contributed by atoms with E-state index in [1.165, 1.54) is 0 Å². The molecule has 0 fully saturated rings. The Kier molecular flexibility index (Phi) is 6.36. The van der Waals surface area contributed by atoms with Crippen LogP contribution in [0.2, 0.25) is 0 Å². The van der Waals surface area contributed by atoms with Crippen LogP contribution in [0.3, 0.4) is 0 Å². The van der Waals surface area contributed by atoms with Crippen LogP contribution in [0.5, 0.6) is 0 Å². The van der Waals surface area contributed by atoms with Gasteiger partial charge in [-0.2, -0.15) is 0 Å². The van der Waals surface area contributed by atoms with Crippen LogP contribution >= 0.6 is 0 Å². The highest BCUT2D eigenvalue weighted by Crippen LogP contribution is 2.12. The van der Waals surface area contributed by atoms with E-state index in [9.17, 15) is 4.79 Å². The molecule has 0 aliphatic heterocycles. The molecule has 4 nitrogen and oxygen atoms in total. The van der Waals surface area contributed by atoms with Gasteiger partial charge in [0.1, 0.15) is 0 Å². The number of anilines is 1. The molecule has 4 heteroatoms. The van der Waals surface area contributed by atoms with Gasteiger partial charge in [0.15, 0.2) is 0 Å². The SMILES string of the molecule is CCC(CCN)CNC(=O)c1ccc(N(C)C)cc1. The zero-order chi connectivity index (χ0) is 14.3. The third-order valence-electron chi connectivity index (χ3n) is 3.35. The number of rotatable bonds is 7. The second-order valence-electron chi connectivity index (χ2n) is 5.00. The molecular formula is C15H25N3O. The average Bonchev–Trinajstić information content (AvgIpc) is 2.43. The molecule has 3 N–H and O–H groups in total. The van der Waals surface area contributed by atoms with Crippen LogP contribution in [-0.4, -0.2) is 33.1 Å². The summed E-state index contributed by atoms with van der Waals surface area (Å²) >= 11 is 0. The van der Waals surface area contributed by atoms with Gasteiger partial charge in [0.2, 0.25) is 0 Å². The van der Waals surface area contributed by atoms with Crippen LogP contribution < -0.4 is 16.0 Å². The molecule has 1 unspecified atom stereocenters. The molecule has 1 aromatic carbocycles. The third kappa shape index (κ3) is 4.91. The molecule has 0 aromatic heterocycles. The van der Waals surface area contributed by atoms with Crippen molar-refractivity contribution in [1.82, 2.24) is 5.32 Å². The smallest absolute Gasteiger partial charge is 0.251 e. The largest absolute Gasteiger partial charge is 0.378 e. The van der Waals surface area contributed by atoms with E-state index in [1.54, 1.807) is 0 Å². The van der Waals surface area contributed by atoms with Crippen molar-refractivity contribution in [2.75, 3.05) is 32.1 Å². The minimum Gasteiger partial charge on any atom is -0.378 e. The monoisotopic (exact) mass is 263 g/mol. The van der Waals surface area contributed by atoms with Gasteiger partial charge in [0.25, 0.3) is 5.91 Å². The lowest BCUT2D eigenvalue weighted by atomic mass is 10.0. The van der Waals surface area contributed by atoms with E-state index in [1.807, 2.05) is 43.3 Å². The summed E-state index contributed by atoms with van der Waals surface area (Å²) in [5.74, 6) is 0.454. The van der Waals surface area contributed by atoms with Crippen LogP contribution in [0.15, 0.2) is 24.3 Å². The molecule has 0 saturated carbocycles. The number of benzene rings is 1. The first kappa shape index (κ1) is 15.5. The second kappa shape index (κ2) is 7.79. The van der Waals surface area contributed by atoms with E-state index in [4.69, 9.17) is 5.73 Å². The van der Waals surface area contributed by atoms with Crippen LogP contribution in [0.4, 0.5) is 5.69 Å². The molecule has 0 saturated heterocycles. The zero-order valence-corrected chi connectivity index (χ0v) is 12.1. The Hall–Kier alpha value is -1.55. The number of hydrogen-bond donors (Lipinski definition) is 2. The third-order valence-corrected chi connectivity index (χ3v) is 3.35. The molecule has 0 aliphatic rings. The summed E-state index contributed by atoms with van der Waals surface area (Å²) in [6.07, 6.45) is 1.99. The van der Waals surface area contributed by atoms with Crippen LogP contribution in [0, 0.1) is 5.92 Å². The number of nitrogens with two attached hydrogens (primary N) is 1. The van der Waals surface area contributed by atoms with Crippen LogP contribution in [-0.2, 0) is 0 Å². The molecular weight excluding hydrogens is 238 g/mol. The maximum Gasteiger partial charge on any atom is 0.251 e. The van der Waals surface area contributed by atoms with Crippen molar-refractivity contribution >= 4 is 11.6 Å². The summed E-state index contributed by atoms with van der Waals surface area (Å²) in [5.41, 5.74) is 7.34. The van der Waals surface area contributed by atoms with Crippen molar-refractivity contribution in [1.29, 1.82) is 0 Å². The number of amides is 1. The van der Waals surface area contributed by atoms with Gasteiger partial charge < -0.3 is 16.0 Å². The minimum absolute atomic E-state index is 0.0132. The maximum absolute atomic E-state index is 12.0. The summed E-state index contributed by atoms with van der Waals surface area (Å²) in [6, 6.07) is 7.61. The first-order valence-electron chi connectivity index (χ1n) is 6.84. The highest BCUT2D eigenvalue weighted by atomic mass is 16.1. The van der Waals surface area contributed by atoms with Crippen molar-refractivity contribution in [2.24, 2.45) is 11.7 Å². The lowest BCUT2D eigenvalue weighted by Gasteiger charge is -2.15. The second-order valence-corrected chi connectivity index (χ2v) is 5.00. The summed E-state index contributed by atoms with van der Waals surface area (Å²) in [7, 11) is 3.96. The Bertz CT molecular complexity index is 387. The quantitative estimate of drug-likeness (QED) is 0.789. The predicted octanol–water partition coefficient (Wildman–Crippen LogP) is 1.86. The normalized spacial score (nSPS) is 12.0. The molecule has 0 heterocycles. The molecule has 1 aromatic rings. The fourth-order valence-corrected chi connectivity index (χ4v) is 1.94. The summed E-state index contributed by atoms with van der Waals surface area (Å²) in [6.45, 7) is 3.49. The number of carbonyl (C=O) groups excluding carboxylic acids is 1. The lowest BCUT2D eigenvalue weighted by molar-refractivity contribution is 0.0946. The first-order chi connectivity index (χ1) is 9.08. The average molecular weight is 263 g/mol. The topological polar surface area (TPSA) is 58.4 Å². The Morgan fingerprint density at radius 2 is 1.95 bits per heavy atom. The lowest BCUT2D eigenvalue weighted by Crippen LogP contribution is -2.30. The molecule has 1 rings (SSSR count). The fraction of sp³-hybridized carbons (Fsp3) is 0.533. The van der Waals surface area contributed by atoms with Crippen molar-refractivity contribution in [3.8, 4) is 0 Å². The number of hydrogen-bond acceptors (Lipinski definition) is 3. The van der Waals surface area contributed by atoms with Gasteiger partial charge in [-0.1, -0.05) is 13.3 Å². The molecule has 0 spiro atoms. The summed E-state index contributed by atoms with van der Waals surface area (Å²) in [4.78, 5) is 14.0. The van der Waals surface area contributed by atoms with Crippen molar-refractivity contribution in [2.45, 2.75) is 19.8 Å². The first-order valence-corrected chi connectivity index (χ1v) is 6.84. The zero-order valence-electron chi connectivity index (χ0n) is 12.1. The van der Waals surface area contributed by atoms with Gasteiger partial charge in [-0.15, -0.1) is 0 Å². The molecule has 106 valence electrons. The highest BCUT2D eigenvalue weighted by Gasteiger charge is 2.09. The van der Waals surface area contributed by atoms with Gasteiger partial charge in [-0.05, 0) is 43.1 Å². The molecule has 1 atom stereocenters. The van der Waals surface area contributed by atoms with Crippen LogP contribution in [0.1, 0.15) is 30.1 Å². The van der Waals surface area contributed by atoms with E-state index in [0.29, 0.717) is 24.6 Å².